The van der Waals surface area contributed by atoms with E-state index in [1.807, 2.05) is 0 Å². The largest absolute Gasteiger partial charge is 0.302 e. The van der Waals surface area contributed by atoms with Gasteiger partial charge in [-0.2, -0.15) is 0 Å². The van der Waals surface area contributed by atoms with Gasteiger partial charge in [0.05, 0.1) is 5.41 Å². The van der Waals surface area contributed by atoms with Crippen LogP contribution in [-0.2, 0) is 21.3 Å². The first-order valence-electron chi connectivity index (χ1n) is 10.0. The maximum atomic E-state index is 5.94. The summed E-state index contributed by atoms with van der Waals surface area (Å²) in [4.78, 5) is 5.94. The average molecular weight is 402 g/mol. The van der Waals surface area contributed by atoms with Crippen molar-refractivity contribution in [2.45, 2.75) is 45.1 Å². The third-order valence-electron chi connectivity index (χ3n) is 6.07. The highest BCUT2D eigenvalue weighted by molar-refractivity contribution is 5.97. The summed E-state index contributed by atoms with van der Waals surface area (Å²) in [5.41, 5.74) is 2.29. The highest BCUT2D eigenvalue weighted by atomic mass is 28.2. The van der Waals surface area contributed by atoms with Crippen LogP contribution in [0.15, 0.2) is 91.0 Å². The molecule has 0 saturated heterocycles. The highest BCUT2D eigenvalue weighted by Crippen LogP contribution is 2.56. The van der Waals surface area contributed by atoms with Gasteiger partial charge in [0, 0.05) is 0 Å². The first-order chi connectivity index (χ1) is 13.8. The Labute approximate surface area is 178 Å². The normalized spacial score (nSPS) is 12.7. The van der Waals surface area contributed by atoms with Crippen LogP contribution in [0.25, 0.3) is 0 Å². The molecule has 0 aliphatic rings. The van der Waals surface area contributed by atoms with Crippen molar-refractivity contribution >= 4 is 10.5 Å². The molecule has 0 bridgehead atoms. The zero-order valence-electron chi connectivity index (χ0n) is 17.7. The quantitative estimate of drug-likeness (QED) is 0.260. The van der Waals surface area contributed by atoms with E-state index in [0.29, 0.717) is 0 Å². The molecule has 29 heavy (non-hydrogen) atoms. The van der Waals surface area contributed by atoms with Gasteiger partial charge in [0.2, 0.25) is 0 Å². The molecule has 0 fully saturated rings. The van der Waals surface area contributed by atoms with Crippen LogP contribution in [0.1, 0.15) is 44.4 Å². The lowest BCUT2D eigenvalue weighted by atomic mass is 9.50. The zero-order valence-corrected chi connectivity index (χ0v) is 18.7. The van der Waals surface area contributed by atoms with Gasteiger partial charge in [-0.05, 0) is 42.4 Å². The lowest BCUT2D eigenvalue weighted by Gasteiger charge is -2.55. The molecule has 0 unspecified atom stereocenters. The Morgan fingerprint density at radius 1 is 0.655 bits per heavy atom. The summed E-state index contributed by atoms with van der Waals surface area (Å²) in [7, 11) is 3.09. The molecule has 0 aliphatic heterocycles. The van der Waals surface area contributed by atoms with E-state index in [1.165, 1.54) is 16.7 Å². The Morgan fingerprint density at radius 3 is 1.48 bits per heavy atom. The van der Waals surface area contributed by atoms with Crippen molar-refractivity contribution < 1.29 is 9.46 Å². The van der Waals surface area contributed by atoms with Gasteiger partial charge in [0.15, 0.2) is 0 Å². The summed E-state index contributed by atoms with van der Waals surface area (Å²) in [6.07, 6.45) is 0.881. The minimum absolute atomic E-state index is 0.217. The number of hydrogen-bond acceptors (Lipinski definition) is 2. The van der Waals surface area contributed by atoms with Gasteiger partial charge < -0.3 is 0 Å². The molecular weight excluding hydrogens is 372 g/mol. The van der Waals surface area contributed by atoms with Crippen LogP contribution in [0.3, 0.4) is 0 Å². The minimum atomic E-state index is -0.685. The van der Waals surface area contributed by atoms with Crippen LogP contribution in [0, 0.1) is 5.41 Å². The van der Waals surface area contributed by atoms with E-state index < -0.39 is 11.0 Å². The van der Waals surface area contributed by atoms with Gasteiger partial charge in [-0.3, -0.25) is 4.58 Å². The molecule has 149 valence electrons. The van der Waals surface area contributed by atoms with Gasteiger partial charge in [-0.1, -0.05) is 105 Å². The van der Waals surface area contributed by atoms with Gasteiger partial charge >= 0.3 is 10.5 Å². The molecule has 0 spiro atoms. The summed E-state index contributed by atoms with van der Waals surface area (Å²) < 4.78 is 5.11. The summed E-state index contributed by atoms with van der Waals surface area (Å²) in [6, 6.07) is 31.9. The predicted octanol–water partition coefficient (Wildman–Crippen LogP) is 6.05. The third-order valence-corrected chi connectivity index (χ3v) is 6.15. The SMILES string of the molecule is CC(C)(Cc1ccccc1)C(c1ccccc1)(c1ccccc1)C(C)(C)OO[Si]. The Bertz CT molecular complexity index is 850. The van der Waals surface area contributed by atoms with Crippen LogP contribution in [0.2, 0.25) is 0 Å². The Morgan fingerprint density at radius 2 is 1.07 bits per heavy atom. The van der Waals surface area contributed by atoms with E-state index >= 15 is 0 Å². The second kappa shape index (κ2) is 8.66. The Kier molecular flexibility index (Phi) is 6.42. The number of rotatable bonds is 8. The summed E-state index contributed by atoms with van der Waals surface area (Å²) in [6.45, 7) is 8.83. The molecule has 2 nitrogen and oxygen atoms in total. The van der Waals surface area contributed by atoms with E-state index in [-0.39, 0.29) is 5.41 Å². The molecule has 0 aromatic heterocycles. The zero-order chi connectivity index (χ0) is 21.0. The van der Waals surface area contributed by atoms with Crippen molar-refractivity contribution in [1.82, 2.24) is 0 Å². The lowest BCUT2D eigenvalue weighted by Crippen LogP contribution is -2.59. The van der Waals surface area contributed by atoms with Crippen molar-refractivity contribution in [2.24, 2.45) is 5.41 Å². The minimum Gasteiger partial charge on any atom is -0.288 e. The number of hydrogen-bond donors (Lipinski definition) is 0. The second-order valence-electron chi connectivity index (χ2n) is 8.71. The third kappa shape index (κ3) is 3.95. The summed E-state index contributed by atoms with van der Waals surface area (Å²) >= 11 is 0. The molecule has 3 aromatic carbocycles. The van der Waals surface area contributed by atoms with Gasteiger partial charge in [0.1, 0.15) is 5.60 Å². The molecule has 3 heteroatoms. The van der Waals surface area contributed by atoms with Crippen LogP contribution in [0.5, 0.6) is 0 Å². The van der Waals surface area contributed by atoms with Crippen molar-refractivity contribution in [3.05, 3.63) is 108 Å². The maximum absolute atomic E-state index is 5.94. The number of benzene rings is 3. The van der Waals surface area contributed by atoms with E-state index in [9.17, 15) is 0 Å². The van der Waals surface area contributed by atoms with E-state index in [1.54, 1.807) is 0 Å². The standard InChI is InChI=1S/C26H29O2Si/c1-24(2,20-21-14-8-5-9-15-21)26(25(3,4)27-28-29,22-16-10-6-11-17-22)23-18-12-7-13-19-23/h5-19H,20H2,1-4H3. The van der Waals surface area contributed by atoms with Crippen molar-refractivity contribution in [3.8, 4) is 0 Å². The molecule has 0 heterocycles. The second-order valence-corrected chi connectivity index (χ2v) is 8.87. The van der Waals surface area contributed by atoms with Crippen molar-refractivity contribution in [3.63, 3.8) is 0 Å². The van der Waals surface area contributed by atoms with Crippen LogP contribution >= 0.6 is 0 Å². The summed E-state index contributed by atoms with van der Waals surface area (Å²) in [5.74, 6) is 0. The lowest BCUT2D eigenvalue weighted by molar-refractivity contribution is -0.306. The topological polar surface area (TPSA) is 18.5 Å². The van der Waals surface area contributed by atoms with E-state index in [0.717, 1.165) is 6.42 Å². The van der Waals surface area contributed by atoms with Gasteiger partial charge in [-0.15, -0.1) is 0 Å². The monoisotopic (exact) mass is 401 g/mol. The van der Waals surface area contributed by atoms with Gasteiger partial charge in [0.25, 0.3) is 0 Å². The molecule has 0 saturated carbocycles. The molecular formula is C26H29O2Si. The first-order valence-corrected chi connectivity index (χ1v) is 10.4. The fraction of sp³-hybridized carbons (Fsp3) is 0.308. The molecule has 0 amide bonds. The molecule has 0 atom stereocenters. The smallest absolute Gasteiger partial charge is 0.288 e. The molecule has 3 radical (unpaired) electrons. The Balaban J connectivity index is 2.32. The van der Waals surface area contributed by atoms with Crippen LogP contribution < -0.4 is 0 Å². The van der Waals surface area contributed by atoms with Crippen LogP contribution in [0.4, 0.5) is 0 Å². The molecule has 0 N–H and O–H groups in total. The summed E-state index contributed by atoms with van der Waals surface area (Å²) in [5, 5.41) is 0. The molecule has 3 aromatic rings. The molecule has 3 rings (SSSR count). The van der Waals surface area contributed by atoms with Crippen molar-refractivity contribution in [2.75, 3.05) is 0 Å². The molecule has 0 aliphatic carbocycles. The predicted molar refractivity (Wildman–Crippen MR) is 120 cm³/mol. The highest BCUT2D eigenvalue weighted by Gasteiger charge is 2.58. The van der Waals surface area contributed by atoms with Crippen molar-refractivity contribution in [1.29, 1.82) is 0 Å². The van der Waals surface area contributed by atoms with E-state index in [4.69, 9.17) is 9.46 Å². The van der Waals surface area contributed by atoms with Gasteiger partial charge in [-0.25, -0.2) is 4.89 Å². The maximum Gasteiger partial charge on any atom is 0.302 e. The first kappa shape index (κ1) is 21.5. The van der Waals surface area contributed by atoms with Crippen LogP contribution in [-0.4, -0.2) is 16.1 Å². The average Bonchev–Trinajstić information content (AvgIpc) is 2.70. The fourth-order valence-corrected chi connectivity index (χ4v) is 5.45. The Hall–Kier alpha value is -2.20. The fourth-order valence-electron chi connectivity index (χ4n) is 5.24. The van der Waals surface area contributed by atoms with E-state index in [2.05, 4.69) is 129 Å².